The van der Waals surface area contributed by atoms with Gasteiger partial charge in [-0.1, -0.05) is 42.1 Å². The van der Waals surface area contributed by atoms with E-state index in [0.29, 0.717) is 26.2 Å². The Labute approximate surface area is 136 Å². The Morgan fingerprint density at radius 3 is 2.64 bits per heavy atom. The zero-order valence-corrected chi connectivity index (χ0v) is 14.4. The van der Waals surface area contributed by atoms with E-state index in [0.717, 1.165) is 5.56 Å². The van der Waals surface area contributed by atoms with Crippen molar-refractivity contribution in [2.75, 3.05) is 19.4 Å². The van der Waals surface area contributed by atoms with Gasteiger partial charge in [0.15, 0.2) is 5.12 Å². The number of carbonyl (C=O) groups is 1. The monoisotopic (exact) mass is 343 g/mol. The number of thioether (sulfide) groups is 1. The second-order valence-electron chi connectivity index (χ2n) is 5.45. The highest BCUT2D eigenvalue weighted by atomic mass is 32.2. The van der Waals surface area contributed by atoms with E-state index >= 15 is 0 Å². The van der Waals surface area contributed by atoms with Crippen molar-refractivity contribution in [3.05, 3.63) is 35.9 Å². The van der Waals surface area contributed by atoms with Crippen LogP contribution in [0.2, 0.25) is 0 Å². The summed E-state index contributed by atoms with van der Waals surface area (Å²) in [6.07, 6.45) is 1.85. The maximum absolute atomic E-state index is 11.9. The van der Waals surface area contributed by atoms with Crippen LogP contribution in [0.1, 0.15) is 18.9 Å². The first-order valence-electron chi connectivity index (χ1n) is 7.12. The fraction of sp³-hybridized carbons (Fsp3) is 0.533. The summed E-state index contributed by atoms with van der Waals surface area (Å²) >= 11 is 1.21. The molecule has 22 heavy (non-hydrogen) atoms. The summed E-state index contributed by atoms with van der Waals surface area (Å²) in [5, 5.41) is 0.0295. The Morgan fingerprint density at radius 1 is 1.36 bits per heavy atom. The second kappa shape index (κ2) is 7.59. The van der Waals surface area contributed by atoms with Crippen molar-refractivity contribution in [3.8, 4) is 0 Å². The summed E-state index contributed by atoms with van der Waals surface area (Å²) < 4.78 is 30.9. The van der Waals surface area contributed by atoms with Crippen molar-refractivity contribution in [2.24, 2.45) is 0 Å². The van der Waals surface area contributed by atoms with Gasteiger partial charge in [0, 0.05) is 24.8 Å². The smallest absolute Gasteiger partial charge is 0.211 e. The van der Waals surface area contributed by atoms with Crippen LogP contribution in [0, 0.1) is 0 Å². The van der Waals surface area contributed by atoms with Gasteiger partial charge in [0.1, 0.15) is 0 Å². The lowest BCUT2D eigenvalue weighted by Gasteiger charge is -2.21. The van der Waals surface area contributed by atoms with Crippen LogP contribution >= 0.6 is 11.8 Å². The molecule has 1 aromatic carbocycles. The molecule has 1 aliphatic rings. The minimum absolute atomic E-state index is 0.0116. The molecule has 1 heterocycles. The third kappa shape index (κ3) is 5.08. The first-order chi connectivity index (χ1) is 10.4. The highest BCUT2D eigenvalue weighted by Crippen LogP contribution is 2.30. The van der Waals surface area contributed by atoms with Crippen LogP contribution in [-0.2, 0) is 26.2 Å². The summed E-state index contributed by atoms with van der Waals surface area (Å²) in [4.78, 5) is 11.2. The maximum Gasteiger partial charge on any atom is 0.211 e. The van der Waals surface area contributed by atoms with Gasteiger partial charge >= 0.3 is 0 Å². The fourth-order valence-electron chi connectivity index (χ4n) is 2.61. The lowest BCUT2D eigenvalue weighted by atomic mass is 10.2. The van der Waals surface area contributed by atoms with Crippen LogP contribution in [0.4, 0.5) is 0 Å². The predicted octanol–water partition coefficient (Wildman–Crippen LogP) is 1.89. The summed E-state index contributed by atoms with van der Waals surface area (Å²) in [6, 6.07) is 9.56. The molecule has 1 saturated heterocycles. The molecular formula is C15H21NO4S2. The lowest BCUT2D eigenvalue weighted by molar-refractivity contribution is -0.109. The third-order valence-electron chi connectivity index (χ3n) is 3.51. The molecule has 0 aromatic heterocycles. The number of ether oxygens (including phenoxy) is 1. The first-order valence-corrected chi connectivity index (χ1v) is 9.85. The minimum atomic E-state index is -3.29. The van der Waals surface area contributed by atoms with E-state index in [2.05, 4.69) is 0 Å². The summed E-state index contributed by atoms with van der Waals surface area (Å²) in [7, 11) is -3.29. The van der Waals surface area contributed by atoms with Gasteiger partial charge in [-0.05, 0) is 12.0 Å². The van der Waals surface area contributed by atoms with Crippen LogP contribution in [0.15, 0.2) is 30.3 Å². The Hall–Kier alpha value is -0.890. The Kier molecular flexibility index (Phi) is 6.02. The molecule has 0 unspecified atom stereocenters. The molecule has 2 rings (SSSR count). The molecule has 1 fully saturated rings. The van der Waals surface area contributed by atoms with Gasteiger partial charge in [-0.2, -0.15) is 4.31 Å². The van der Waals surface area contributed by atoms with Crippen molar-refractivity contribution in [1.29, 1.82) is 0 Å². The molecule has 122 valence electrons. The maximum atomic E-state index is 11.9. The van der Waals surface area contributed by atoms with Crippen LogP contribution in [0.3, 0.4) is 0 Å². The quantitative estimate of drug-likeness (QED) is 0.789. The number of sulfonamides is 1. The number of rotatable bonds is 6. The molecular weight excluding hydrogens is 322 g/mol. The topological polar surface area (TPSA) is 63.7 Å². The van der Waals surface area contributed by atoms with E-state index in [1.54, 1.807) is 0 Å². The van der Waals surface area contributed by atoms with Crippen LogP contribution in [0.25, 0.3) is 0 Å². The summed E-state index contributed by atoms with van der Waals surface area (Å²) in [6.45, 7) is 2.69. The van der Waals surface area contributed by atoms with Gasteiger partial charge in [0.25, 0.3) is 0 Å². The van der Waals surface area contributed by atoms with E-state index < -0.39 is 10.0 Å². The molecule has 0 bridgehead atoms. The van der Waals surface area contributed by atoms with Crippen molar-refractivity contribution < 1.29 is 17.9 Å². The molecule has 0 radical (unpaired) electrons. The average molecular weight is 343 g/mol. The van der Waals surface area contributed by atoms with Crippen LogP contribution in [-0.4, -0.2) is 48.5 Å². The third-order valence-corrected chi connectivity index (χ3v) is 5.81. The minimum Gasteiger partial charge on any atom is -0.375 e. The molecule has 0 spiro atoms. The van der Waals surface area contributed by atoms with Gasteiger partial charge in [0.05, 0.1) is 19.5 Å². The normalized spacial score (nSPS) is 22.8. The average Bonchev–Trinajstić information content (AvgIpc) is 2.82. The summed E-state index contributed by atoms with van der Waals surface area (Å²) in [5.74, 6) is 0. The van der Waals surface area contributed by atoms with Gasteiger partial charge < -0.3 is 4.74 Å². The zero-order valence-electron chi connectivity index (χ0n) is 12.8. The van der Waals surface area contributed by atoms with Crippen molar-refractivity contribution in [2.45, 2.75) is 31.2 Å². The van der Waals surface area contributed by atoms with Gasteiger partial charge in [0.2, 0.25) is 10.0 Å². The Balaban J connectivity index is 1.93. The first kappa shape index (κ1) is 17.5. The van der Waals surface area contributed by atoms with Gasteiger partial charge in [-0.25, -0.2) is 8.42 Å². The van der Waals surface area contributed by atoms with E-state index in [-0.39, 0.29) is 16.4 Å². The zero-order chi connectivity index (χ0) is 16.2. The van der Waals surface area contributed by atoms with Gasteiger partial charge in [-0.3, -0.25) is 4.79 Å². The van der Waals surface area contributed by atoms with Crippen molar-refractivity contribution >= 4 is 26.9 Å². The van der Waals surface area contributed by atoms with Crippen molar-refractivity contribution in [1.82, 2.24) is 4.31 Å². The molecule has 0 amide bonds. The highest BCUT2D eigenvalue weighted by molar-refractivity contribution is 8.14. The summed E-state index contributed by atoms with van der Waals surface area (Å²) in [5.41, 5.74) is 1.06. The SMILES string of the molecule is CC(=O)S[C@@H]1C[C@@H](COCc2ccccc2)N(S(C)(=O)=O)C1. The second-order valence-corrected chi connectivity index (χ2v) is 8.87. The van der Waals surface area contributed by atoms with E-state index in [4.69, 9.17) is 4.74 Å². The highest BCUT2D eigenvalue weighted by Gasteiger charge is 2.38. The standard InChI is InChI=1S/C15H21NO4S2/c1-12(17)21-15-8-14(16(9-15)22(2,18)19)11-20-10-13-6-4-3-5-7-13/h3-7,14-15H,8-11H2,1-2H3/t14-,15+/m0/s1. The molecule has 0 N–H and O–H groups in total. The molecule has 5 nitrogen and oxygen atoms in total. The molecule has 0 aliphatic carbocycles. The van der Waals surface area contributed by atoms with Crippen LogP contribution < -0.4 is 0 Å². The predicted molar refractivity (Wildman–Crippen MR) is 88.1 cm³/mol. The molecule has 0 saturated carbocycles. The number of nitrogens with zero attached hydrogens (tertiary/aromatic N) is 1. The Morgan fingerprint density at radius 2 is 2.05 bits per heavy atom. The fourth-order valence-corrected chi connectivity index (χ4v) is 4.87. The molecule has 2 atom stereocenters. The van der Waals surface area contributed by atoms with E-state index in [9.17, 15) is 13.2 Å². The largest absolute Gasteiger partial charge is 0.375 e. The number of carbonyl (C=O) groups excluding carboxylic acids is 1. The van der Waals surface area contributed by atoms with E-state index in [1.807, 2.05) is 30.3 Å². The number of benzene rings is 1. The lowest BCUT2D eigenvalue weighted by Crippen LogP contribution is -2.37. The van der Waals surface area contributed by atoms with E-state index in [1.165, 1.54) is 29.2 Å². The molecule has 1 aliphatic heterocycles. The van der Waals surface area contributed by atoms with Gasteiger partial charge in [-0.15, -0.1) is 0 Å². The Bertz CT molecular complexity index is 603. The molecule has 7 heteroatoms. The number of hydrogen-bond acceptors (Lipinski definition) is 5. The molecule has 1 aromatic rings. The van der Waals surface area contributed by atoms with Crippen LogP contribution in [0.5, 0.6) is 0 Å². The van der Waals surface area contributed by atoms with Crippen molar-refractivity contribution in [3.63, 3.8) is 0 Å². The number of hydrogen-bond donors (Lipinski definition) is 0.